The maximum Gasteiger partial charge on any atom is 0.339 e. The maximum absolute atomic E-state index is 11.1. The van der Waals surface area contributed by atoms with Crippen molar-refractivity contribution in [2.45, 2.75) is 45.4 Å². The number of hydrogen-bond donors (Lipinski definition) is 2. The molecule has 0 spiro atoms. The second kappa shape index (κ2) is 8.69. The summed E-state index contributed by atoms with van der Waals surface area (Å²) in [6.07, 6.45) is 6.86. The van der Waals surface area contributed by atoms with Crippen molar-refractivity contribution < 1.29 is 14.6 Å². The van der Waals surface area contributed by atoms with E-state index in [0.29, 0.717) is 12.3 Å². The number of rotatable bonds is 9. The Balaban J connectivity index is 2.49. The van der Waals surface area contributed by atoms with Crippen molar-refractivity contribution in [2.75, 3.05) is 12.3 Å². The summed E-state index contributed by atoms with van der Waals surface area (Å²) >= 11 is 5.99. The fourth-order valence-corrected chi connectivity index (χ4v) is 2.26. The number of carboxylic acids is 1. The molecule has 3 N–H and O–H groups in total. The van der Waals surface area contributed by atoms with E-state index in [4.69, 9.17) is 27.2 Å². The van der Waals surface area contributed by atoms with E-state index in [2.05, 4.69) is 6.92 Å². The van der Waals surface area contributed by atoms with E-state index < -0.39 is 5.97 Å². The number of nitrogens with two attached hydrogens (primary N) is 1. The zero-order valence-electron chi connectivity index (χ0n) is 11.8. The summed E-state index contributed by atoms with van der Waals surface area (Å²) in [5.74, 6) is -0.876. The lowest BCUT2D eigenvalue weighted by Crippen LogP contribution is -2.06. The van der Waals surface area contributed by atoms with Crippen LogP contribution in [0.3, 0.4) is 0 Å². The SMILES string of the molecule is CCCCCCCCOc1c(Cl)cc(N)cc1C(=O)O. The first kappa shape index (κ1) is 16.6. The van der Waals surface area contributed by atoms with Gasteiger partial charge in [-0.15, -0.1) is 0 Å². The molecule has 0 heterocycles. The standard InChI is InChI=1S/C15H22ClNO3/c1-2-3-4-5-6-7-8-20-14-12(15(18)19)9-11(17)10-13(14)16/h9-10H,2-8,17H2,1H3,(H,18,19). The van der Waals surface area contributed by atoms with Crippen LogP contribution < -0.4 is 10.5 Å². The number of carboxylic acid groups (broad SMARTS) is 1. The van der Waals surface area contributed by atoms with Crippen molar-refractivity contribution in [3.63, 3.8) is 0 Å². The first-order valence-electron chi connectivity index (χ1n) is 7.01. The Labute approximate surface area is 124 Å². The third-order valence-electron chi connectivity index (χ3n) is 3.04. The number of anilines is 1. The lowest BCUT2D eigenvalue weighted by molar-refractivity contribution is 0.0692. The van der Waals surface area contributed by atoms with Crippen molar-refractivity contribution in [1.82, 2.24) is 0 Å². The predicted molar refractivity (Wildman–Crippen MR) is 81.7 cm³/mol. The second-order valence-corrected chi connectivity index (χ2v) is 5.21. The van der Waals surface area contributed by atoms with E-state index in [1.165, 1.54) is 37.8 Å². The summed E-state index contributed by atoms with van der Waals surface area (Å²) < 4.78 is 5.52. The average molecular weight is 300 g/mol. The average Bonchev–Trinajstić information content (AvgIpc) is 2.39. The van der Waals surface area contributed by atoms with E-state index in [-0.39, 0.29) is 16.3 Å². The highest BCUT2D eigenvalue weighted by atomic mass is 35.5. The number of ether oxygens (including phenoxy) is 1. The lowest BCUT2D eigenvalue weighted by atomic mass is 10.1. The van der Waals surface area contributed by atoms with Gasteiger partial charge in [-0.2, -0.15) is 0 Å². The van der Waals surface area contributed by atoms with E-state index in [1.54, 1.807) is 0 Å². The van der Waals surface area contributed by atoms with Crippen LogP contribution in [0.5, 0.6) is 5.75 Å². The minimum atomic E-state index is -1.09. The highest BCUT2D eigenvalue weighted by molar-refractivity contribution is 6.33. The van der Waals surface area contributed by atoms with Crippen molar-refractivity contribution >= 4 is 23.3 Å². The number of aromatic carboxylic acids is 1. The van der Waals surface area contributed by atoms with Gasteiger partial charge in [0.05, 0.1) is 11.6 Å². The van der Waals surface area contributed by atoms with E-state index in [0.717, 1.165) is 12.8 Å². The van der Waals surface area contributed by atoms with Crippen LogP contribution >= 0.6 is 11.6 Å². The Morgan fingerprint density at radius 2 is 1.90 bits per heavy atom. The smallest absolute Gasteiger partial charge is 0.339 e. The van der Waals surface area contributed by atoms with Gasteiger partial charge in [0.25, 0.3) is 0 Å². The number of carbonyl (C=O) groups is 1. The molecule has 1 rings (SSSR count). The quantitative estimate of drug-likeness (QED) is 0.525. The Morgan fingerprint density at radius 3 is 2.55 bits per heavy atom. The molecule has 0 amide bonds. The highest BCUT2D eigenvalue weighted by Gasteiger charge is 2.16. The molecule has 0 fully saturated rings. The van der Waals surface area contributed by atoms with Crippen LogP contribution in [0, 0.1) is 0 Å². The van der Waals surface area contributed by atoms with Crippen molar-refractivity contribution in [2.24, 2.45) is 0 Å². The minimum Gasteiger partial charge on any atom is -0.491 e. The first-order chi connectivity index (χ1) is 9.56. The van der Waals surface area contributed by atoms with Crippen LogP contribution in [0.2, 0.25) is 5.02 Å². The van der Waals surface area contributed by atoms with Gasteiger partial charge >= 0.3 is 5.97 Å². The Morgan fingerprint density at radius 1 is 1.25 bits per heavy atom. The van der Waals surface area contributed by atoms with Crippen molar-refractivity contribution in [3.05, 3.63) is 22.7 Å². The molecule has 0 bridgehead atoms. The molecule has 0 unspecified atom stereocenters. The van der Waals surface area contributed by atoms with Gasteiger partial charge in [-0.1, -0.05) is 50.6 Å². The third-order valence-corrected chi connectivity index (χ3v) is 3.32. The van der Waals surface area contributed by atoms with E-state index in [9.17, 15) is 4.79 Å². The number of unbranched alkanes of at least 4 members (excludes halogenated alkanes) is 5. The van der Waals surface area contributed by atoms with Gasteiger partial charge in [0.15, 0.2) is 5.75 Å². The van der Waals surface area contributed by atoms with Crippen LogP contribution in [0.1, 0.15) is 55.8 Å². The molecule has 0 aromatic heterocycles. The van der Waals surface area contributed by atoms with Gasteiger partial charge in [0, 0.05) is 5.69 Å². The zero-order chi connectivity index (χ0) is 15.0. The molecule has 20 heavy (non-hydrogen) atoms. The number of hydrogen-bond acceptors (Lipinski definition) is 3. The van der Waals surface area contributed by atoms with Crippen molar-refractivity contribution in [1.29, 1.82) is 0 Å². The Hall–Kier alpha value is -1.42. The largest absolute Gasteiger partial charge is 0.491 e. The molecule has 5 heteroatoms. The van der Waals surface area contributed by atoms with Crippen LogP contribution in [-0.2, 0) is 0 Å². The highest BCUT2D eigenvalue weighted by Crippen LogP contribution is 2.31. The van der Waals surface area contributed by atoms with Crippen LogP contribution in [0.15, 0.2) is 12.1 Å². The normalized spacial score (nSPS) is 10.5. The first-order valence-corrected chi connectivity index (χ1v) is 7.39. The second-order valence-electron chi connectivity index (χ2n) is 4.80. The summed E-state index contributed by atoms with van der Waals surface area (Å²) in [6.45, 7) is 2.65. The zero-order valence-corrected chi connectivity index (χ0v) is 12.6. The van der Waals surface area contributed by atoms with Gasteiger partial charge in [0.2, 0.25) is 0 Å². The Bertz CT molecular complexity index is 449. The fraction of sp³-hybridized carbons (Fsp3) is 0.533. The van der Waals surface area contributed by atoms with Gasteiger partial charge in [-0.3, -0.25) is 0 Å². The summed E-state index contributed by atoms with van der Waals surface area (Å²) in [6, 6.07) is 2.87. The molecule has 0 aliphatic carbocycles. The van der Waals surface area contributed by atoms with Crippen molar-refractivity contribution in [3.8, 4) is 5.75 Å². The molecule has 0 aliphatic heterocycles. The summed E-state index contributed by atoms with van der Waals surface area (Å²) in [5, 5.41) is 9.36. The predicted octanol–water partition coefficient (Wildman–Crippen LogP) is 4.36. The van der Waals surface area contributed by atoms with Gasteiger partial charge in [0.1, 0.15) is 5.56 Å². The molecule has 0 aliphatic rings. The molecule has 0 saturated carbocycles. The molecule has 0 saturated heterocycles. The maximum atomic E-state index is 11.1. The fourth-order valence-electron chi connectivity index (χ4n) is 1.98. The van der Waals surface area contributed by atoms with E-state index in [1.807, 2.05) is 0 Å². The third kappa shape index (κ3) is 5.29. The van der Waals surface area contributed by atoms with Crippen LogP contribution in [-0.4, -0.2) is 17.7 Å². The van der Waals surface area contributed by atoms with Gasteiger partial charge < -0.3 is 15.6 Å². The molecule has 4 nitrogen and oxygen atoms in total. The van der Waals surface area contributed by atoms with Gasteiger partial charge in [-0.25, -0.2) is 4.79 Å². The Kier molecular flexibility index (Phi) is 7.23. The molecule has 0 radical (unpaired) electrons. The lowest BCUT2D eigenvalue weighted by Gasteiger charge is -2.11. The number of halogens is 1. The topological polar surface area (TPSA) is 72.5 Å². The monoisotopic (exact) mass is 299 g/mol. The van der Waals surface area contributed by atoms with Crippen LogP contribution in [0.4, 0.5) is 5.69 Å². The molecule has 112 valence electrons. The van der Waals surface area contributed by atoms with Crippen LogP contribution in [0.25, 0.3) is 0 Å². The molecule has 1 aromatic carbocycles. The molecule has 1 aromatic rings. The van der Waals surface area contributed by atoms with E-state index >= 15 is 0 Å². The molecular formula is C15H22ClNO3. The summed E-state index contributed by atoms with van der Waals surface area (Å²) in [5.41, 5.74) is 5.92. The number of nitrogen functional groups attached to an aromatic ring is 1. The summed E-state index contributed by atoms with van der Waals surface area (Å²) in [4.78, 5) is 11.1. The number of benzene rings is 1. The molecule has 0 atom stereocenters. The van der Waals surface area contributed by atoms with Gasteiger partial charge in [-0.05, 0) is 18.6 Å². The minimum absolute atomic E-state index is 0.0148. The molecular weight excluding hydrogens is 278 g/mol. The summed E-state index contributed by atoms with van der Waals surface area (Å²) in [7, 11) is 0.